The minimum Gasteiger partial charge on any atom is -0.371 e. The van der Waals surface area contributed by atoms with Gasteiger partial charge in [-0.15, -0.1) is 0 Å². The lowest BCUT2D eigenvalue weighted by atomic mass is 9.97. The lowest BCUT2D eigenvalue weighted by molar-refractivity contribution is -0.152. The number of carbonyl (C=O) groups excluding carboxylic acids is 2. The zero-order valence-electron chi connectivity index (χ0n) is 12.2. The van der Waals surface area contributed by atoms with Crippen LogP contribution in [0.1, 0.15) is 30.6 Å². The summed E-state index contributed by atoms with van der Waals surface area (Å²) in [6, 6.07) is 7.82. The molecule has 3 rings (SSSR count). The van der Waals surface area contributed by atoms with Crippen LogP contribution in [0.2, 0.25) is 0 Å². The highest BCUT2D eigenvalue weighted by Gasteiger charge is 2.35. The molecule has 2 unspecified atom stereocenters. The normalized spacial score (nSPS) is 25.9. The van der Waals surface area contributed by atoms with Crippen molar-refractivity contribution in [3.8, 4) is 0 Å². The first kappa shape index (κ1) is 14.2. The summed E-state index contributed by atoms with van der Waals surface area (Å²) >= 11 is 0. The molecule has 0 aliphatic carbocycles. The monoisotopic (exact) mass is 288 g/mol. The Kier molecular flexibility index (Phi) is 4.03. The van der Waals surface area contributed by atoms with Crippen LogP contribution in [-0.2, 0) is 20.7 Å². The standard InChI is InChI=1S/C16H20N2O3/c1-2-13-16(20)18(15(19)9-17-13)10-14-12-6-4-3-5-11(12)7-8-21-14/h3-6,13-14,17H,2,7-10H2,1H3. The smallest absolute Gasteiger partial charge is 0.246 e. The Morgan fingerprint density at radius 3 is 2.95 bits per heavy atom. The van der Waals surface area contributed by atoms with Crippen molar-refractivity contribution in [2.24, 2.45) is 0 Å². The van der Waals surface area contributed by atoms with Crippen molar-refractivity contribution in [2.75, 3.05) is 19.7 Å². The molecule has 1 N–H and O–H groups in total. The molecule has 0 bridgehead atoms. The van der Waals surface area contributed by atoms with Gasteiger partial charge in [-0.05, 0) is 24.0 Å². The number of piperazine rings is 1. The van der Waals surface area contributed by atoms with Crippen LogP contribution in [0.15, 0.2) is 24.3 Å². The van der Waals surface area contributed by atoms with Gasteiger partial charge in [0.1, 0.15) is 6.10 Å². The van der Waals surface area contributed by atoms with Gasteiger partial charge in [-0.3, -0.25) is 19.8 Å². The van der Waals surface area contributed by atoms with E-state index in [2.05, 4.69) is 11.4 Å². The molecule has 1 aromatic rings. The summed E-state index contributed by atoms with van der Waals surface area (Å²) in [6.07, 6.45) is 1.36. The molecule has 0 saturated carbocycles. The lowest BCUT2D eigenvalue weighted by Gasteiger charge is -2.35. The van der Waals surface area contributed by atoms with E-state index in [1.807, 2.05) is 25.1 Å². The number of fused-ring (bicyclic) bond motifs is 1. The minimum atomic E-state index is -0.262. The van der Waals surface area contributed by atoms with Gasteiger partial charge in [0.05, 0.1) is 25.7 Å². The van der Waals surface area contributed by atoms with E-state index in [1.165, 1.54) is 10.5 Å². The quantitative estimate of drug-likeness (QED) is 0.844. The Balaban J connectivity index is 1.80. The number of nitrogens with zero attached hydrogens (tertiary/aromatic N) is 1. The van der Waals surface area contributed by atoms with Gasteiger partial charge < -0.3 is 4.74 Å². The SMILES string of the molecule is CCC1NCC(=O)N(CC2OCCc3ccccc32)C1=O. The number of carbonyl (C=O) groups is 2. The molecule has 0 radical (unpaired) electrons. The average Bonchev–Trinajstić information content (AvgIpc) is 2.52. The minimum absolute atomic E-state index is 0.139. The maximum atomic E-state index is 12.3. The number of ether oxygens (including phenoxy) is 1. The molecule has 2 amide bonds. The molecule has 0 aromatic heterocycles. The molecule has 2 heterocycles. The van der Waals surface area contributed by atoms with E-state index in [0.717, 1.165) is 12.0 Å². The van der Waals surface area contributed by atoms with Crippen LogP contribution in [0.3, 0.4) is 0 Å². The van der Waals surface area contributed by atoms with Gasteiger partial charge in [0.15, 0.2) is 0 Å². The molecule has 2 aliphatic heterocycles. The first-order valence-corrected chi connectivity index (χ1v) is 7.47. The maximum absolute atomic E-state index is 12.3. The van der Waals surface area contributed by atoms with Crippen LogP contribution in [0.25, 0.3) is 0 Å². The Bertz CT molecular complexity index is 558. The summed E-state index contributed by atoms with van der Waals surface area (Å²) in [7, 11) is 0. The molecule has 5 heteroatoms. The van der Waals surface area contributed by atoms with Gasteiger partial charge in [-0.1, -0.05) is 31.2 Å². The van der Waals surface area contributed by atoms with Crippen LogP contribution in [-0.4, -0.2) is 42.5 Å². The third-order valence-corrected chi connectivity index (χ3v) is 4.21. The predicted octanol–water partition coefficient (Wildman–Crippen LogP) is 1.04. The van der Waals surface area contributed by atoms with Crippen LogP contribution in [0.5, 0.6) is 0 Å². The molecule has 5 nitrogen and oxygen atoms in total. The topological polar surface area (TPSA) is 58.6 Å². The largest absolute Gasteiger partial charge is 0.371 e. The summed E-state index contributed by atoms with van der Waals surface area (Å²) in [5.74, 6) is -0.309. The van der Waals surface area contributed by atoms with E-state index in [0.29, 0.717) is 19.6 Å². The molecule has 112 valence electrons. The second kappa shape index (κ2) is 5.95. The molecular weight excluding hydrogens is 268 g/mol. The van der Waals surface area contributed by atoms with E-state index in [1.54, 1.807) is 0 Å². The molecule has 0 spiro atoms. The van der Waals surface area contributed by atoms with Crippen LogP contribution in [0.4, 0.5) is 0 Å². The summed E-state index contributed by atoms with van der Waals surface area (Å²) in [5, 5.41) is 2.97. The van der Waals surface area contributed by atoms with Gasteiger partial charge in [-0.2, -0.15) is 0 Å². The maximum Gasteiger partial charge on any atom is 0.246 e. The van der Waals surface area contributed by atoms with Crippen LogP contribution in [0, 0.1) is 0 Å². The fraction of sp³-hybridized carbons (Fsp3) is 0.500. The number of amides is 2. The van der Waals surface area contributed by atoms with Crippen molar-refractivity contribution in [3.05, 3.63) is 35.4 Å². The van der Waals surface area contributed by atoms with Crippen molar-refractivity contribution in [3.63, 3.8) is 0 Å². The van der Waals surface area contributed by atoms with E-state index in [9.17, 15) is 9.59 Å². The molecule has 2 atom stereocenters. The van der Waals surface area contributed by atoms with Crippen molar-refractivity contribution >= 4 is 11.8 Å². The van der Waals surface area contributed by atoms with Gasteiger partial charge in [0.2, 0.25) is 11.8 Å². The number of hydrogen-bond donors (Lipinski definition) is 1. The third kappa shape index (κ3) is 2.71. The Hall–Kier alpha value is -1.72. The second-order valence-electron chi connectivity index (χ2n) is 5.49. The number of rotatable bonds is 3. The van der Waals surface area contributed by atoms with Crippen molar-refractivity contribution in [2.45, 2.75) is 31.9 Å². The van der Waals surface area contributed by atoms with Crippen molar-refractivity contribution in [1.82, 2.24) is 10.2 Å². The Morgan fingerprint density at radius 2 is 2.14 bits per heavy atom. The Morgan fingerprint density at radius 1 is 1.33 bits per heavy atom. The zero-order valence-corrected chi connectivity index (χ0v) is 12.2. The van der Waals surface area contributed by atoms with Crippen molar-refractivity contribution in [1.29, 1.82) is 0 Å². The molecule has 1 aromatic carbocycles. The molecule has 2 aliphatic rings. The average molecular weight is 288 g/mol. The molecule has 1 saturated heterocycles. The predicted molar refractivity (Wildman–Crippen MR) is 77.6 cm³/mol. The highest BCUT2D eigenvalue weighted by molar-refractivity contribution is 6.01. The highest BCUT2D eigenvalue weighted by atomic mass is 16.5. The number of imide groups is 1. The third-order valence-electron chi connectivity index (χ3n) is 4.21. The summed E-state index contributed by atoms with van der Waals surface area (Å²) in [4.78, 5) is 25.7. The van der Waals surface area contributed by atoms with E-state index in [4.69, 9.17) is 4.74 Å². The van der Waals surface area contributed by atoms with E-state index < -0.39 is 0 Å². The van der Waals surface area contributed by atoms with E-state index >= 15 is 0 Å². The van der Waals surface area contributed by atoms with E-state index in [-0.39, 0.29) is 30.5 Å². The summed E-state index contributed by atoms with van der Waals surface area (Å²) in [6.45, 7) is 3.11. The number of nitrogens with one attached hydrogen (secondary N) is 1. The van der Waals surface area contributed by atoms with Gasteiger partial charge in [0.25, 0.3) is 0 Å². The van der Waals surface area contributed by atoms with Crippen LogP contribution < -0.4 is 5.32 Å². The van der Waals surface area contributed by atoms with Crippen LogP contribution >= 0.6 is 0 Å². The first-order chi connectivity index (χ1) is 10.2. The number of hydrogen-bond acceptors (Lipinski definition) is 4. The number of benzene rings is 1. The second-order valence-corrected chi connectivity index (χ2v) is 5.49. The van der Waals surface area contributed by atoms with Gasteiger partial charge in [-0.25, -0.2) is 0 Å². The summed E-state index contributed by atoms with van der Waals surface area (Å²) in [5.41, 5.74) is 2.34. The molecular formula is C16H20N2O3. The molecule has 21 heavy (non-hydrogen) atoms. The lowest BCUT2D eigenvalue weighted by Crippen LogP contribution is -2.58. The van der Waals surface area contributed by atoms with Crippen molar-refractivity contribution < 1.29 is 14.3 Å². The van der Waals surface area contributed by atoms with Gasteiger partial charge in [0, 0.05) is 0 Å². The fourth-order valence-electron chi connectivity index (χ4n) is 3.01. The Labute approximate surface area is 124 Å². The molecule has 1 fully saturated rings. The zero-order chi connectivity index (χ0) is 14.8. The highest BCUT2D eigenvalue weighted by Crippen LogP contribution is 2.28. The first-order valence-electron chi connectivity index (χ1n) is 7.47. The van der Waals surface area contributed by atoms with Gasteiger partial charge >= 0.3 is 0 Å². The summed E-state index contributed by atoms with van der Waals surface area (Å²) < 4.78 is 5.81. The fourth-order valence-corrected chi connectivity index (χ4v) is 3.01.